The van der Waals surface area contributed by atoms with E-state index in [0.717, 1.165) is 27.5 Å². The van der Waals surface area contributed by atoms with Gasteiger partial charge in [0.1, 0.15) is 0 Å². The molecule has 0 aliphatic rings. The van der Waals surface area contributed by atoms with E-state index in [9.17, 15) is 4.79 Å². The monoisotopic (exact) mass is 351 g/mol. The molecule has 132 valence electrons. The standard InChI is InChI=1S/C25H21NO/c27-24(18-22-16-9-15-19-10-7-8-17-23(19)22)26-25(20-11-3-1-4-12-20)21-13-5-2-6-14-21/h1-17,25H,18H2,(H,26,27). The molecule has 0 saturated carbocycles. The molecule has 2 nitrogen and oxygen atoms in total. The Morgan fingerprint density at radius 2 is 1.22 bits per heavy atom. The minimum atomic E-state index is -0.158. The summed E-state index contributed by atoms with van der Waals surface area (Å²) in [5, 5.41) is 5.51. The van der Waals surface area contributed by atoms with Crippen molar-refractivity contribution in [3.8, 4) is 0 Å². The van der Waals surface area contributed by atoms with Crippen LogP contribution >= 0.6 is 0 Å². The Hall–Kier alpha value is -3.39. The Morgan fingerprint density at radius 3 is 1.89 bits per heavy atom. The third kappa shape index (κ3) is 3.90. The first kappa shape index (κ1) is 17.0. The summed E-state index contributed by atoms with van der Waals surface area (Å²) >= 11 is 0. The van der Waals surface area contributed by atoms with Gasteiger partial charge in [-0.2, -0.15) is 0 Å². The molecule has 0 radical (unpaired) electrons. The zero-order valence-electron chi connectivity index (χ0n) is 15.0. The molecule has 0 aromatic heterocycles. The van der Waals surface area contributed by atoms with Crippen molar-refractivity contribution in [1.29, 1.82) is 0 Å². The van der Waals surface area contributed by atoms with Crippen molar-refractivity contribution in [2.75, 3.05) is 0 Å². The highest BCUT2D eigenvalue weighted by molar-refractivity contribution is 5.90. The van der Waals surface area contributed by atoms with Gasteiger partial charge in [-0.1, -0.05) is 103 Å². The van der Waals surface area contributed by atoms with Crippen LogP contribution in [0.1, 0.15) is 22.7 Å². The number of hydrogen-bond donors (Lipinski definition) is 1. The molecule has 0 aliphatic carbocycles. The largest absolute Gasteiger partial charge is 0.345 e. The van der Waals surface area contributed by atoms with Crippen LogP contribution in [0.2, 0.25) is 0 Å². The molecule has 0 fully saturated rings. The first-order chi connectivity index (χ1) is 13.3. The van der Waals surface area contributed by atoms with Crippen LogP contribution in [0.25, 0.3) is 10.8 Å². The maximum atomic E-state index is 12.9. The molecule has 27 heavy (non-hydrogen) atoms. The average Bonchev–Trinajstić information content (AvgIpc) is 2.73. The van der Waals surface area contributed by atoms with Crippen molar-refractivity contribution in [2.24, 2.45) is 0 Å². The zero-order chi connectivity index (χ0) is 18.5. The lowest BCUT2D eigenvalue weighted by Gasteiger charge is -2.20. The molecule has 4 aromatic carbocycles. The third-order valence-corrected chi connectivity index (χ3v) is 4.80. The molecule has 0 saturated heterocycles. The van der Waals surface area contributed by atoms with E-state index in [1.165, 1.54) is 0 Å². The van der Waals surface area contributed by atoms with Crippen LogP contribution in [-0.4, -0.2) is 5.91 Å². The van der Waals surface area contributed by atoms with Gasteiger partial charge in [0.25, 0.3) is 0 Å². The fourth-order valence-corrected chi connectivity index (χ4v) is 3.48. The number of rotatable bonds is 5. The van der Waals surface area contributed by atoms with Gasteiger partial charge in [0.05, 0.1) is 12.5 Å². The minimum absolute atomic E-state index is 0.0176. The summed E-state index contributed by atoms with van der Waals surface area (Å²) in [5.41, 5.74) is 3.20. The van der Waals surface area contributed by atoms with Crippen molar-refractivity contribution >= 4 is 16.7 Å². The van der Waals surface area contributed by atoms with Crippen molar-refractivity contribution in [3.05, 3.63) is 120 Å². The maximum Gasteiger partial charge on any atom is 0.225 e. The van der Waals surface area contributed by atoms with Gasteiger partial charge in [0, 0.05) is 0 Å². The fraction of sp³-hybridized carbons (Fsp3) is 0.0800. The minimum Gasteiger partial charge on any atom is -0.345 e. The van der Waals surface area contributed by atoms with Crippen molar-refractivity contribution in [2.45, 2.75) is 12.5 Å². The average molecular weight is 351 g/mol. The van der Waals surface area contributed by atoms with Gasteiger partial charge in [-0.15, -0.1) is 0 Å². The van der Waals surface area contributed by atoms with Crippen LogP contribution in [0.3, 0.4) is 0 Å². The second-order valence-corrected chi connectivity index (χ2v) is 6.64. The maximum absolute atomic E-state index is 12.9. The van der Waals surface area contributed by atoms with Gasteiger partial charge in [0.2, 0.25) is 5.91 Å². The molecule has 0 aliphatic heterocycles. The van der Waals surface area contributed by atoms with Gasteiger partial charge in [0.15, 0.2) is 0 Å². The van der Waals surface area contributed by atoms with E-state index in [-0.39, 0.29) is 11.9 Å². The Morgan fingerprint density at radius 1 is 0.667 bits per heavy atom. The fourth-order valence-electron chi connectivity index (χ4n) is 3.48. The smallest absolute Gasteiger partial charge is 0.225 e. The van der Waals surface area contributed by atoms with Crippen LogP contribution in [0, 0.1) is 0 Å². The molecule has 4 aromatic rings. The molecular formula is C25H21NO. The Bertz CT molecular complexity index is 997. The predicted molar refractivity (Wildman–Crippen MR) is 111 cm³/mol. The van der Waals surface area contributed by atoms with E-state index in [1.807, 2.05) is 60.7 Å². The molecule has 1 amide bonds. The highest BCUT2D eigenvalue weighted by Crippen LogP contribution is 2.23. The number of amides is 1. The Kier molecular flexibility index (Phi) is 4.97. The highest BCUT2D eigenvalue weighted by Gasteiger charge is 2.17. The van der Waals surface area contributed by atoms with Crippen LogP contribution in [0.15, 0.2) is 103 Å². The van der Waals surface area contributed by atoms with E-state index in [2.05, 4.69) is 47.8 Å². The number of carbonyl (C=O) groups is 1. The van der Waals surface area contributed by atoms with E-state index in [1.54, 1.807) is 0 Å². The van der Waals surface area contributed by atoms with Crippen LogP contribution in [0.4, 0.5) is 0 Å². The van der Waals surface area contributed by atoms with Gasteiger partial charge in [-0.25, -0.2) is 0 Å². The summed E-state index contributed by atoms with van der Waals surface area (Å²) in [5.74, 6) is 0.0176. The van der Waals surface area contributed by atoms with E-state index >= 15 is 0 Å². The van der Waals surface area contributed by atoms with E-state index in [4.69, 9.17) is 0 Å². The molecule has 0 atom stereocenters. The topological polar surface area (TPSA) is 29.1 Å². The lowest BCUT2D eigenvalue weighted by molar-refractivity contribution is -0.120. The third-order valence-electron chi connectivity index (χ3n) is 4.80. The van der Waals surface area contributed by atoms with Gasteiger partial charge in [-0.05, 0) is 27.5 Å². The van der Waals surface area contributed by atoms with Crippen molar-refractivity contribution < 1.29 is 4.79 Å². The molecule has 2 heteroatoms. The lowest BCUT2D eigenvalue weighted by Crippen LogP contribution is -2.30. The number of benzene rings is 4. The van der Waals surface area contributed by atoms with Crippen LogP contribution < -0.4 is 5.32 Å². The highest BCUT2D eigenvalue weighted by atomic mass is 16.1. The molecule has 1 N–H and O–H groups in total. The van der Waals surface area contributed by atoms with Gasteiger partial charge < -0.3 is 5.32 Å². The predicted octanol–water partition coefficient (Wildman–Crippen LogP) is 5.29. The Balaban J connectivity index is 1.60. The summed E-state index contributed by atoms with van der Waals surface area (Å²) in [6, 6.07) is 34.3. The van der Waals surface area contributed by atoms with Crippen LogP contribution in [-0.2, 0) is 11.2 Å². The molecule has 0 bridgehead atoms. The summed E-state index contributed by atoms with van der Waals surface area (Å²) in [6.07, 6.45) is 0.359. The normalized spacial score (nSPS) is 10.9. The van der Waals surface area contributed by atoms with Gasteiger partial charge in [-0.3, -0.25) is 4.79 Å². The van der Waals surface area contributed by atoms with Crippen molar-refractivity contribution in [3.63, 3.8) is 0 Å². The van der Waals surface area contributed by atoms with Crippen molar-refractivity contribution in [1.82, 2.24) is 5.32 Å². The quantitative estimate of drug-likeness (QED) is 0.520. The second kappa shape index (κ2) is 7.88. The summed E-state index contributed by atoms with van der Waals surface area (Å²) < 4.78 is 0. The summed E-state index contributed by atoms with van der Waals surface area (Å²) in [7, 11) is 0. The summed E-state index contributed by atoms with van der Waals surface area (Å²) in [6.45, 7) is 0. The molecule has 4 rings (SSSR count). The summed E-state index contributed by atoms with van der Waals surface area (Å²) in [4.78, 5) is 12.9. The molecular weight excluding hydrogens is 330 g/mol. The lowest BCUT2D eigenvalue weighted by atomic mass is 9.97. The first-order valence-electron chi connectivity index (χ1n) is 9.17. The number of hydrogen-bond acceptors (Lipinski definition) is 1. The number of carbonyl (C=O) groups excluding carboxylic acids is 1. The first-order valence-corrected chi connectivity index (χ1v) is 9.17. The second-order valence-electron chi connectivity index (χ2n) is 6.64. The zero-order valence-corrected chi connectivity index (χ0v) is 15.0. The molecule has 0 unspecified atom stereocenters. The van der Waals surface area contributed by atoms with E-state index in [0.29, 0.717) is 6.42 Å². The van der Waals surface area contributed by atoms with E-state index < -0.39 is 0 Å². The van der Waals surface area contributed by atoms with Crippen LogP contribution in [0.5, 0.6) is 0 Å². The van der Waals surface area contributed by atoms with Gasteiger partial charge >= 0.3 is 0 Å². The Labute approximate surface area is 159 Å². The molecule has 0 heterocycles. The SMILES string of the molecule is O=C(Cc1cccc2ccccc12)NC(c1ccccc1)c1ccccc1. The molecule has 0 spiro atoms. The number of fused-ring (bicyclic) bond motifs is 1. The number of nitrogens with one attached hydrogen (secondary N) is 1.